The first-order valence-electron chi connectivity index (χ1n) is 5.25. The van der Waals surface area contributed by atoms with Gasteiger partial charge in [0.15, 0.2) is 11.5 Å². The van der Waals surface area contributed by atoms with Crippen LogP contribution in [0.2, 0.25) is 0 Å². The number of carbonyl (C=O) groups is 1. The van der Waals surface area contributed by atoms with Crippen LogP contribution in [0.4, 0.5) is 0 Å². The van der Waals surface area contributed by atoms with Gasteiger partial charge in [-0.15, -0.1) is 0 Å². The van der Waals surface area contributed by atoms with E-state index in [1.165, 1.54) is 13.3 Å². The first kappa shape index (κ1) is 13.0. The molecule has 0 bridgehead atoms. The summed E-state index contributed by atoms with van der Waals surface area (Å²) < 4.78 is 4.95. The highest BCUT2D eigenvalue weighted by Gasteiger charge is 2.06. The number of hydrazone groups is 1. The van der Waals surface area contributed by atoms with Crippen molar-refractivity contribution in [3.63, 3.8) is 0 Å². The minimum atomic E-state index is -0.177. The molecular weight excluding hydrogens is 220 g/mol. The maximum Gasteiger partial charge on any atom is 0.242 e. The van der Waals surface area contributed by atoms with E-state index in [2.05, 4.69) is 10.5 Å². The largest absolute Gasteiger partial charge is 0.504 e. The number of phenolic OH excluding ortho intramolecular Hbond substituents is 1. The van der Waals surface area contributed by atoms with E-state index in [9.17, 15) is 9.90 Å². The molecule has 0 aliphatic heterocycles. The van der Waals surface area contributed by atoms with Crippen molar-refractivity contribution >= 4 is 12.1 Å². The molecule has 2 N–H and O–H groups in total. The summed E-state index contributed by atoms with van der Waals surface area (Å²) in [6, 6.07) is 5.03. The summed E-state index contributed by atoms with van der Waals surface area (Å²) in [7, 11) is 1.47. The van der Waals surface area contributed by atoms with Crippen molar-refractivity contribution in [2.75, 3.05) is 7.11 Å². The highest BCUT2D eigenvalue weighted by Crippen LogP contribution is 2.27. The van der Waals surface area contributed by atoms with Crippen LogP contribution in [0.15, 0.2) is 23.3 Å². The Morgan fingerprint density at radius 2 is 2.24 bits per heavy atom. The molecule has 0 unspecified atom stereocenters. The number of phenols is 1. The molecular formula is C12H16N2O3. The summed E-state index contributed by atoms with van der Waals surface area (Å²) in [5.74, 6) is 0.0522. The van der Waals surface area contributed by atoms with Crippen molar-refractivity contribution < 1.29 is 14.6 Å². The smallest absolute Gasteiger partial charge is 0.242 e. The van der Waals surface area contributed by atoms with Crippen LogP contribution < -0.4 is 10.2 Å². The Labute approximate surface area is 100 Å². The van der Waals surface area contributed by atoms with E-state index >= 15 is 0 Å². The highest BCUT2D eigenvalue weighted by molar-refractivity contribution is 5.86. The Balaban J connectivity index is 2.75. The van der Waals surface area contributed by atoms with Crippen LogP contribution in [0.25, 0.3) is 0 Å². The zero-order chi connectivity index (χ0) is 12.8. The number of benzene rings is 1. The number of hydrogen-bond acceptors (Lipinski definition) is 4. The molecule has 0 saturated heterocycles. The second kappa shape index (κ2) is 5.89. The van der Waals surface area contributed by atoms with Crippen LogP contribution in [0.1, 0.15) is 19.4 Å². The van der Waals surface area contributed by atoms with Gasteiger partial charge in [-0.1, -0.05) is 19.9 Å². The van der Waals surface area contributed by atoms with Gasteiger partial charge < -0.3 is 9.84 Å². The van der Waals surface area contributed by atoms with Crippen molar-refractivity contribution in [3.8, 4) is 11.5 Å². The summed E-state index contributed by atoms with van der Waals surface area (Å²) in [5.41, 5.74) is 2.85. The van der Waals surface area contributed by atoms with E-state index in [1.807, 2.05) is 0 Å². The molecule has 0 heterocycles. The molecule has 0 aliphatic rings. The number of para-hydroxylation sites is 1. The Kier molecular flexibility index (Phi) is 4.51. The minimum absolute atomic E-state index is 0.00227. The van der Waals surface area contributed by atoms with Crippen LogP contribution in [-0.2, 0) is 4.79 Å². The van der Waals surface area contributed by atoms with Crippen molar-refractivity contribution in [2.24, 2.45) is 11.0 Å². The third-order valence-corrected chi connectivity index (χ3v) is 2.15. The maximum atomic E-state index is 11.2. The van der Waals surface area contributed by atoms with E-state index in [4.69, 9.17) is 4.74 Å². The second-order valence-corrected chi connectivity index (χ2v) is 3.79. The molecule has 0 aliphatic carbocycles. The van der Waals surface area contributed by atoms with E-state index in [1.54, 1.807) is 32.0 Å². The van der Waals surface area contributed by atoms with Crippen molar-refractivity contribution in [3.05, 3.63) is 23.8 Å². The molecule has 0 spiro atoms. The Morgan fingerprint density at radius 1 is 1.53 bits per heavy atom. The molecule has 0 aromatic heterocycles. The quantitative estimate of drug-likeness (QED) is 0.615. The lowest BCUT2D eigenvalue weighted by atomic mass is 10.2. The van der Waals surface area contributed by atoms with Gasteiger partial charge >= 0.3 is 0 Å². The van der Waals surface area contributed by atoms with Crippen LogP contribution in [0.3, 0.4) is 0 Å². The predicted octanol–water partition coefficient (Wildman–Crippen LogP) is 1.51. The number of nitrogens with zero attached hydrogens (tertiary/aromatic N) is 1. The van der Waals surface area contributed by atoms with Gasteiger partial charge in [0.05, 0.1) is 13.3 Å². The molecule has 0 fully saturated rings. The van der Waals surface area contributed by atoms with Gasteiger partial charge in [0.25, 0.3) is 0 Å². The first-order valence-corrected chi connectivity index (χ1v) is 5.25. The topological polar surface area (TPSA) is 70.9 Å². The number of amides is 1. The first-order chi connectivity index (χ1) is 8.06. The van der Waals surface area contributed by atoms with Gasteiger partial charge in [0.1, 0.15) is 0 Å². The molecule has 0 saturated carbocycles. The Bertz CT molecular complexity index is 428. The minimum Gasteiger partial charge on any atom is -0.504 e. The molecule has 92 valence electrons. The van der Waals surface area contributed by atoms with Gasteiger partial charge in [-0.25, -0.2) is 5.43 Å². The zero-order valence-electron chi connectivity index (χ0n) is 10.1. The summed E-state index contributed by atoms with van der Waals surface area (Å²) in [6.07, 6.45) is 1.37. The van der Waals surface area contributed by atoms with Crippen molar-refractivity contribution in [1.82, 2.24) is 5.43 Å². The van der Waals surface area contributed by atoms with Gasteiger partial charge in [-0.3, -0.25) is 4.79 Å². The lowest BCUT2D eigenvalue weighted by Gasteiger charge is -2.05. The SMILES string of the molecule is COc1cccc(/C=N\NC(=O)C(C)C)c1O. The number of rotatable bonds is 4. The van der Waals surface area contributed by atoms with Gasteiger partial charge in [-0.05, 0) is 12.1 Å². The summed E-state index contributed by atoms with van der Waals surface area (Å²) in [4.78, 5) is 11.2. The Hall–Kier alpha value is -2.04. The normalized spacial score (nSPS) is 10.8. The lowest BCUT2D eigenvalue weighted by molar-refractivity contribution is -0.123. The maximum absolute atomic E-state index is 11.2. The number of nitrogens with one attached hydrogen (secondary N) is 1. The second-order valence-electron chi connectivity index (χ2n) is 3.79. The standard InChI is InChI=1S/C12H16N2O3/c1-8(2)12(16)14-13-7-9-5-4-6-10(17-3)11(9)15/h4-8,15H,1-3H3,(H,14,16)/b13-7-. The fraction of sp³-hybridized carbons (Fsp3) is 0.333. The molecule has 1 rings (SSSR count). The monoisotopic (exact) mass is 236 g/mol. The van der Waals surface area contributed by atoms with Gasteiger partial charge in [-0.2, -0.15) is 5.10 Å². The molecule has 5 nitrogen and oxygen atoms in total. The van der Waals surface area contributed by atoms with Crippen molar-refractivity contribution in [2.45, 2.75) is 13.8 Å². The third kappa shape index (κ3) is 3.48. The molecule has 1 amide bonds. The van der Waals surface area contributed by atoms with Crippen LogP contribution in [0.5, 0.6) is 11.5 Å². The number of methoxy groups -OCH3 is 1. The van der Waals surface area contributed by atoms with E-state index in [0.717, 1.165) is 0 Å². The summed E-state index contributed by atoms with van der Waals surface area (Å²) >= 11 is 0. The predicted molar refractivity (Wildman–Crippen MR) is 65.2 cm³/mol. The molecule has 17 heavy (non-hydrogen) atoms. The molecule has 0 atom stereocenters. The molecule has 1 aromatic carbocycles. The molecule has 1 aromatic rings. The van der Waals surface area contributed by atoms with Crippen LogP contribution in [0, 0.1) is 5.92 Å². The average molecular weight is 236 g/mol. The van der Waals surface area contributed by atoms with E-state index in [0.29, 0.717) is 11.3 Å². The van der Waals surface area contributed by atoms with Gasteiger partial charge in [0, 0.05) is 11.5 Å². The third-order valence-electron chi connectivity index (χ3n) is 2.15. The number of hydrogen-bond donors (Lipinski definition) is 2. The van der Waals surface area contributed by atoms with Crippen molar-refractivity contribution in [1.29, 1.82) is 0 Å². The Morgan fingerprint density at radius 3 is 2.82 bits per heavy atom. The van der Waals surface area contributed by atoms with Crippen LogP contribution in [-0.4, -0.2) is 24.3 Å². The summed E-state index contributed by atoms with van der Waals surface area (Å²) in [5, 5.41) is 13.5. The van der Waals surface area contributed by atoms with E-state index in [-0.39, 0.29) is 17.6 Å². The van der Waals surface area contributed by atoms with Gasteiger partial charge in [0.2, 0.25) is 5.91 Å². The lowest BCUT2D eigenvalue weighted by Crippen LogP contribution is -2.22. The number of carbonyl (C=O) groups excluding carboxylic acids is 1. The number of ether oxygens (including phenoxy) is 1. The molecule has 5 heteroatoms. The fourth-order valence-corrected chi connectivity index (χ4v) is 1.10. The fourth-order valence-electron chi connectivity index (χ4n) is 1.10. The number of aromatic hydroxyl groups is 1. The average Bonchev–Trinajstić information content (AvgIpc) is 2.31. The zero-order valence-corrected chi connectivity index (χ0v) is 10.1. The summed E-state index contributed by atoms with van der Waals surface area (Å²) in [6.45, 7) is 3.54. The highest BCUT2D eigenvalue weighted by atomic mass is 16.5. The van der Waals surface area contributed by atoms with E-state index < -0.39 is 0 Å². The molecule has 0 radical (unpaired) electrons. The van der Waals surface area contributed by atoms with Crippen LogP contribution >= 0.6 is 0 Å².